The van der Waals surface area contributed by atoms with Gasteiger partial charge in [-0.05, 0) is 29.7 Å². The molecule has 0 radical (unpaired) electrons. The number of rotatable bonds is 4. The number of carbonyl (C=O) groups excluding carboxylic acids is 2. The van der Waals surface area contributed by atoms with E-state index in [0.29, 0.717) is 11.3 Å². The first-order chi connectivity index (χ1) is 9.38. The second-order valence-electron chi connectivity index (χ2n) is 5.13. The SMILES string of the molecule is CC(C)[C@@H](NC(=O)c1ccc2c(c1)CC(=O)N2)C(=O)O. The number of aliphatic carboxylic acids is 1. The van der Waals surface area contributed by atoms with Crippen molar-refractivity contribution in [1.29, 1.82) is 0 Å². The summed E-state index contributed by atoms with van der Waals surface area (Å²) in [5.74, 6) is -1.84. The maximum absolute atomic E-state index is 12.1. The molecule has 2 rings (SSSR count). The molecule has 1 aliphatic heterocycles. The van der Waals surface area contributed by atoms with Crippen LogP contribution in [0.5, 0.6) is 0 Å². The van der Waals surface area contributed by atoms with E-state index in [0.717, 1.165) is 5.56 Å². The topological polar surface area (TPSA) is 95.5 Å². The molecular formula is C14H16N2O4. The molecule has 1 heterocycles. The highest BCUT2D eigenvalue weighted by molar-refractivity contribution is 6.02. The van der Waals surface area contributed by atoms with Crippen molar-refractivity contribution in [2.75, 3.05) is 5.32 Å². The Balaban J connectivity index is 2.16. The van der Waals surface area contributed by atoms with Crippen LogP contribution in [0.15, 0.2) is 18.2 Å². The summed E-state index contributed by atoms with van der Waals surface area (Å²) >= 11 is 0. The Labute approximate surface area is 116 Å². The van der Waals surface area contributed by atoms with Crippen LogP contribution in [0.25, 0.3) is 0 Å². The molecule has 6 heteroatoms. The predicted molar refractivity (Wildman–Crippen MR) is 72.5 cm³/mol. The summed E-state index contributed by atoms with van der Waals surface area (Å²) in [5, 5.41) is 14.2. The molecule has 0 bridgehead atoms. The van der Waals surface area contributed by atoms with Crippen LogP contribution in [0.1, 0.15) is 29.8 Å². The minimum Gasteiger partial charge on any atom is -0.480 e. The number of fused-ring (bicyclic) bond motifs is 1. The first kappa shape index (κ1) is 14.0. The number of carboxylic acid groups (broad SMARTS) is 1. The number of carboxylic acids is 1. The summed E-state index contributed by atoms with van der Waals surface area (Å²) in [4.78, 5) is 34.4. The molecule has 1 atom stereocenters. The quantitative estimate of drug-likeness (QED) is 0.765. The molecule has 0 saturated heterocycles. The Bertz CT molecular complexity index is 581. The molecule has 3 N–H and O–H groups in total. The molecule has 0 saturated carbocycles. The fraction of sp³-hybridized carbons (Fsp3) is 0.357. The van der Waals surface area contributed by atoms with Gasteiger partial charge in [0.25, 0.3) is 5.91 Å². The molecule has 0 fully saturated rings. The molecule has 1 aliphatic rings. The van der Waals surface area contributed by atoms with Crippen LogP contribution in [0.4, 0.5) is 5.69 Å². The summed E-state index contributed by atoms with van der Waals surface area (Å²) in [6, 6.07) is 3.90. The monoisotopic (exact) mass is 276 g/mol. The van der Waals surface area contributed by atoms with Crippen molar-refractivity contribution in [3.63, 3.8) is 0 Å². The van der Waals surface area contributed by atoms with E-state index in [1.54, 1.807) is 32.0 Å². The fourth-order valence-corrected chi connectivity index (χ4v) is 2.11. The van der Waals surface area contributed by atoms with Gasteiger partial charge in [0, 0.05) is 11.3 Å². The molecule has 106 valence electrons. The van der Waals surface area contributed by atoms with E-state index in [-0.39, 0.29) is 18.2 Å². The summed E-state index contributed by atoms with van der Waals surface area (Å²) < 4.78 is 0. The van der Waals surface area contributed by atoms with E-state index in [1.165, 1.54) is 0 Å². The van der Waals surface area contributed by atoms with Gasteiger partial charge in [-0.1, -0.05) is 13.8 Å². The third-order valence-corrected chi connectivity index (χ3v) is 3.21. The standard InChI is InChI=1S/C14H16N2O4/c1-7(2)12(14(19)20)16-13(18)8-3-4-10-9(5-8)6-11(17)15-10/h3-5,7,12H,6H2,1-2H3,(H,15,17)(H,16,18)(H,19,20)/t12-/m1/s1. The molecule has 1 aromatic rings. The second kappa shape index (κ2) is 5.32. The largest absolute Gasteiger partial charge is 0.480 e. The number of hydrogen-bond donors (Lipinski definition) is 3. The molecule has 0 aromatic heterocycles. The van der Waals surface area contributed by atoms with Gasteiger partial charge in [-0.15, -0.1) is 0 Å². The van der Waals surface area contributed by atoms with E-state index in [2.05, 4.69) is 10.6 Å². The number of benzene rings is 1. The maximum Gasteiger partial charge on any atom is 0.326 e. The lowest BCUT2D eigenvalue weighted by molar-refractivity contribution is -0.140. The third kappa shape index (κ3) is 2.79. The molecule has 6 nitrogen and oxygen atoms in total. The van der Waals surface area contributed by atoms with Crippen LogP contribution in [0.3, 0.4) is 0 Å². The maximum atomic E-state index is 12.1. The highest BCUT2D eigenvalue weighted by Gasteiger charge is 2.25. The fourth-order valence-electron chi connectivity index (χ4n) is 2.11. The number of nitrogens with one attached hydrogen (secondary N) is 2. The zero-order valence-electron chi connectivity index (χ0n) is 11.3. The minimum absolute atomic E-state index is 0.108. The number of hydrogen-bond acceptors (Lipinski definition) is 3. The average Bonchev–Trinajstić information content (AvgIpc) is 2.73. The van der Waals surface area contributed by atoms with Crippen molar-refractivity contribution < 1.29 is 19.5 Å². The van der Waals surface area contributed by atoms with Gasteiger partial charge >= 0.3 is 5.97 Å². The second-order valence-corrected chi connectivity index (χ2v) is 5.13. The number of anilines is 1. The van der Waals surface area contributed by atoms with E-state index in [9.17, 15) is 14.4 Å². The summed E-state index contributed by atoms with van der Waals surface area (Å²) in [6.45, 7) is 3.45. The van der Waals surface area contributed by atoms with Crippen molar-refractivity contribution in [3.05, 3.63) is 29.3 Å². The van der Waals surface area contributed by atoms with E-state index < -0.39 is 17.9 Å². The lowest BCUT2D eigenvalue weighted by Gasteiger charge is -2.18. The summed E-state index contributed by atoms with van der Waals surface area (Å²) in [7, 11) is 0. The molecule has 0 unspecified atom stereocenters. The third-order valence-electron chi connectivity index (χ3n) is 3.21. The molecule has 2 amide bonds. The predicted octanol–water partition coefficient (Wildman–Crippen LogP) is 1.02. The number of carbonyl (C=O) groups is 3. The Morgan fingerprint density at radius 3 is 2.65 bits per heavy atom. The van der Waals surface area contributed by atoms with Crippen molar-refractivity contribution >= 4 is 23.5 Å². The number of amides is 2. The average molecular weight is 276 g/mol. The van der Waals surface area contributed by atoms with Crippen molar-refractivity contribution in [2.45, 2.75) is 26.3 Å². The van der Waals surface area contributed by atoms with Gasteiger partial charge in [0.2, 0.25) is 5.91 Å². The highest BCUT2D eigenvalue weighted by atomic mass is 16.4. The van der Waals surface area contributed by atoms with Crippen LogP contribution >= 0.6 is 0 Å². The summed E-state index contributed by atoms with van der Waals surface area (Å²) in [6.07, 6.45) is 0.239. The smallest absolute Gasteiger partial charge is 0.326 e. The van der Waals surface area contributed by atoms with Gasteiger partial charge < -0.3 is 15.7 Å². The molecule has 0 aliphatic carbocycles. The van der Waals surface area contributed by atoms with Gasteiger partial charge in [-0.25, -0.2) is 4.79 Å². The van der Waals surface area contributed by atoms with Gasteiger partial charge in [0.15, 0.2) is 0 Å². The van der Waals surface area contributed by atoms with Crippen LogP contribution < -0.4 is 10.6 Å². The van der Waals surface area contributed by atoms with Crippen molar-refractivity contribution in [2.24, 2.45) is 5.92 Å². The summed E-state index contributed by atoms with van der Waals surface area (Å²) in [5.41, 5.74) is 1.80. The molecule has 1 aromatic carbocycles. The van der Waals surface area contributed by atoms with Gasteiger partial charge in [0.05, 0.1) is 6.42 Å². The van der Waals surface area contributed by atoms with Crippen LogP contribution in [0.2, 0.25) is 0 Å². The Morgan fingerprint density at radius 1 is 1.35 bits per heavy atom. The van der Waals surface area contributed by atoms with Crippen molar-refractivity contribution in [1.82, 2.24) is 5.32 Å². The van der Waals surface area contributed by atoms with E-state index in [1.807, 2.05) is 0 Å². The first-order valence-electron chi connectivity index (χ1n) is 6.35. The Hall–Kier alpha value is -2.37. The van der Waals surface area contributed by atoms with Gasteiger partial charge in [0.1, 0.15) is 6.04 Å². The van der Waals surface area contributed by atoms with Crippen LogP contribution in [0, 0.1) is 5.92 Å². The van der Waals surface area contributed by atoms with Crippen LogP contribution in [-0.2, 0) is 16.0 Å². The Morgan fingerprint density at radius 2 is 2.05 bits per heavy atom. The lowest BCUT2D eigenvalue weighted by Crippen LogP contribution is -2.44. The van der Waals surface area contributed by atoms with Gasteiger partial charge in [-0.2, -0.15) is 0 Å². The van der Waals surface area contributed by atoms with E-state index >= 15 is 0 Å². The highest BCUT2D eigenvalue weighted by Crippen LogP contribution is 2.23. The zero-order chi connectivity index (χ0) is 14.9. The molecule has 20 heavy (non-hydrogen) atoms. The first-order valence-corrected chi connectivity index (χ1v) is 6.35. The molecular weight excluding hydrogens is 260 g/mol. The Kier molecular flexibility index (Phi) is 3.74. The van der Waals surface area contributed by atoms with Crippen LogP contribution in [-0.4, -0.2) is 28.9 Å². The molecule has 0 spiro atoms. The minimum atomic E-state index is -1.06. The van der Waals surface area contributed by atoms with Gasteiger partial charge in [-0.3, -0.25) is 9.59 Å². The normalized spacial score (nSPS) is 14.7. The zero-order valence-corrected chi connectivity index (χ0v) is 11.3. The van der Waals surface area contributed by atoms with Crippen molar-refractivity contribution in [3.8, 4) is 0 Å². The van der Waals surface area contributed by atoms with E-state index in [4.69, 9.17) is 5.11 Å². The lowest BCUT2D eigenvalue weighted by atomic mass is 10.0.